The van der Waals surface area contributed by atoms with Crippen molar-refractivity contribution in [2.24, 2.45) is 0 Å². The van der Waals surface area contributed by atoms with Gasteiger partial charge in [0.1, 0.15) is 11.2 Å². The zero-order chi connectivity index (χ0) is 41.7. The van der Waals surface area contributed by atoms with Crippen molar-refractivity contribution in [3.05, 3.63) is 271 Å². The molecule has 0 N–H and O–H groups in total. The molecule has 1 aliphatic carbocycles. The van der Waals surface area contributed by atoms with Gasteiger partial charge in [-0.3, -0.25) is 0 Å². The van der Waals surface area contributed by atoms with Crippen molar-refractivity contribution in [2.75, 3.05) is 4.90 Å². The normalized spacial score (nSPS) is 12.6. The Morgan fingerprint density at radius 3 is 1.46 bits per heavy atom. The molecule has 1 aliphatic rings. The van der Waals surface area contributed by atoms with E-state index in [2.05, 4.69) is 241 Å². The van der Waals surface area contributed by atoms with Gasteiger partial charge in [-0.1, -0.05) is 194 Å². The molecule has 0 bridgehead atoms. The first kappa shape index (κ1) is 36.6. The molecule has 0 spiro atoms. The molecule has 0 radical (unpaired) electrons. The molecule has 12 rings (SSSR count). The Morgan fingerprint density at radius 2 is 0.794 bits per heavy atom. The first-order valence-electron chi connectivity index (χ1n) is 21.7. The van der Waals surface area contributed by atoms with Gasteiger partial charge >= 0.3 is 0 Å². The molecule has 0 saturated heterocycles. The minimum atomic E-state index is -0.511. The van der Waals surface area contributed by atoms with Crippen LogP contribution in [0.5, 0.6) is 0 Å². The molecule has 1 aromatic heterocycles. The van der Waals surface area contributed by atoms with Crippen molar-refractivity contribution < 1.29 is 4.42 Å². The number of rotatable bonds is 8. The Labute approximate surface area is 367 Å². The van der Waals surface area contributed by atoms with Crippen molar-refractivity contribution in [1.29, 1.82) is 0 Å². The van der Waals surface area contributed by atoms with Gasteiger partial charge in [0.25, 0.3) is 0 Å². The zero-order valence-electron chi connectivity index (χ0n) is 34.5. The lowest BCUT2D eigenvalue weighted by Gasteiger charge is -2.34. The number of hydrogen-bond acceptors (Lipinski definition) is 2. The van der Waals surface area contributed by atoms with E-state index < -0.39 is 5.41 Å². The van der Waals surface area contributed by atoms with Gasteiger partial charge in [0, 0.05) is 27.7 Å². The fourth-order valence-corrected chi connectivity index (χ4v) is 10.1. The summed E-state index contributed by atoms with van der Waals surface area (Å²) in [7, 11) is 0. The second-order valence-corrected chi connectivity index (χ2v) is 16.4. The first-order valence-corrected chi connectivity index (χ1v) is 21.7. The maximum atomic E-state index is 6.31. The van der Waals surface area contributed by atoms with E-state index in [9.17, 15) is 0 Å². The lowest BCUT2D eigenvalue weighted by molar-refractivity contribution is 0.669. The van der Waals surface area contributed by atoms with E-state index in [1.807, 2.05) is 12.1 Å². The van der Waals surface area contributed by atoms with Crippen LogP contribution < -0.4 is 4.90 Å². The third-order valence-electron chi connectivity index (χ3n) is 13.0. The lowest BCUT2D eigenvalue weighted by Crippen LogP contribution is -2.28. The summed E-state index contributed by atoms with van der Waals surface area (Å²) < 4.78 is 6.31. The number of furan rings is 1. The summed E-state index contributed by atoms with van der Waals surface area (Å²) in [5.41, 5.74) is 19.1. The Hall–Kier alpha value is -8.20. The fourth-order valence-electron chi connectivity index (χ4n) is 10.1. The first-order chi connectivity index (χ1) is 31.2. The Morgan fingerprint density at radius 1 is 0.317 bits per heavy atom. The van der Waals surface area contributed by atoms with Crippen LogP contribution in [0.2, 0.25) is 0 Å². The second-order valence-electron chi connectivity index (χ2n) is 16.4. The van der Waals surface area contributed by atoms with E-state index in [0.717, 1.165) is 50.1 Å². The van der Waals surface area contributed by atoms with Crippen LogP contribution in [-0.2, 0) is 5.41 Å². The Kier molecular flexibility index (Phi) is 8.76. The molecule has 0 atom stereocenters. The summed E-state index contributed by atoms with van der Waals surface area (Å²) in [5, 5.41) is 2.27. The molecule has 0 fully saturated rings. The maximum Gasteiger partial charge on any atom is 0.136 e. The molecule has 2 heteroatoms. The topological polar surface area (TPSA) is 16.4 Å². The highest BCUT2D eigenvalue weighted by Gasteiger charge is 2.47. The van der Waals surface area contributed by atoms with Crippen molar-refractivity contribution in [1.82, 2.24) is 0 Å². The molecular weight excluding hydrogens is 763 g/mol. The monoisotopic (exact) mass is 803 g/mol. The van der Waals surface area contributed by atoms with Crippen LogP contribution in [0, 0.1) is 0 Å². The Bertz CT molecular complexity index is 3380. The minimum absolute atomic E-state index is 0.511. The summed E-state index contributed by atoms with van der Waals surface area (Å²) >= 11 is 0. The minimum Gasteiger partial charge on any atom is -0.456 e. The van der Waals surface area contributed by atoms with Gasteiger partial charge in [0.15, 0.2) is 0 Å². The van der Waals surface area contributed by atoms with E-state index in [0.29, 0.717) is 0 Å². The lowest BCUT2D eigenvalue weighted by atomic mass is 9.68. The van der Waals surface area contributed by atoms with Gasteiger partial charge in [0.2, 0.25) is 0 Å². The van der Waals surface area contributed by atoms with Crippen molar-refractivity contribution in [3.8, 4) is 44.5 Å². The largest absolute Gasteiger partial charge is 0.456 e. The van der Waals surface area contributed by atoms with E-state index >= 15 is 0 Å². The van der Waals surface area contributed by atoms with Crippen LogP contribution in [-0.4, -0.2) is 0 Å². The SMILES string of the molecule is c1ccc(-c2cccc(-c3ccc(N(c4ccc(-c5ccc6c(c5)oc5ccccc56)cc4)c4cccc5c4-c4ccccc4C5(c4ccccc4)c4ccccc4)cc3)c2)cc1. The molecule has 1 heterocycles. The van der Waals surface area contributed by atoms with Crippen molar-refractivity contribution in [2.45, 2.75) is 5.41 Å². The van der Waals surface area contributed by atoms with Gasteiger partial charge in [-0.05, 0) is 116 Å². The molecule has 10 aromatic carbocycles. The summed E-state index contributed by atoms with van der Waals surface area (Å²) in [6.07, 6.45) is 0. The number of nitrogens with zero attached hydrogens (tertiary/aromatic N) is 1. The smallest absolute Gasteiger partial charge is 0.136 e. The standard InChI is InChI=1S/C61H41NO/c1-4-16-42(17-5-1)45-18-14-19-46(40-45)43-30-35-50(36-31-43)62(51-37-32-44(33-38-51)47-34-39-53-52-24-11-13-29-58(52)63-59(53)41-47)57-28-15-27-56-60(57)54-25-10-12-26-55(54)61(56,48-20-6-2-7-21-48)49-22-8-3-9-23-49/h1-41H. The molecule has 2 nitrogen and oxygen atoms in total. The number of benzene rings is 10. The number of hydrogen-bond donors (Lipinski definition) is 0. The third-order valence-corrected chi connectivity index (χ3v) is 13.0. The van der Waals surface area contributed by atoms with Crippen LogP contribution in [0.1, 0.15) is 22.3 Å². The van der Waals surface area contributed by atoms with Gasteiger partial charge in [-0.15, -0.1) is 0 Å². The number of para-hydroxylation sites is 1. The number of fused-ring (bicyclic) bond motifs is 6. The van der Waals surface area contributed by atoms with Gasteiger partial charge in [-0.2, -0.15) is 0 Å². The summed E-state index contributed by atoms with van der Waals surface area (Å²) in [5.74, 6) is 0. The predicted octanol–water partition coefficient (Wildman–Crippen LogP) is 16.4. The van der Waals surface area contributed by atoms with E-state index in [1.54, 1.807) is 0 Å². The molecule has 0 unspecified atom stereocenters. The van der Waals surface area contributed by atoms with Gasteiger partial charge in [0.05, 0.1) is 11.1 Å². The highest BCUT2D eigenvalue weighted by atomic mass is 16.3. The van der Waals surface area contributed by atoms with E-state index in [-0.39, 0.29) is 0 Å². The summed E-state index contributed by atoms with van der Waals surface area (Å²) in [6, 6.07) is 90.3. The fraction of sp³-hybridized carbons (Fsp3) is 0.0164. The molecule has 11 aromatic rings. The van der Waals surface area contributed by atoms with Crippen LogP contribution in [0.15, 0.2) is 253 Å². The van der Waals surface area contributed by atoms with E-state index in [1.165, 1.54) is 55.6 Å². The maximum absolute atomic E-state index is 6.31. The van der Waals surface area contributed by atoms with Crippen LogP contribution in [0.3, 0.4) is 0 Å². The molecule has 0 saturated carbocycles. The third kappa shape index (κ3) is 6.02. The van der Waals surface area contributed by atoms with E-state index in [4.69, 9.17) is 4.42 Å². The molecular formula is C61H41NO. The average Bonchev–Trinajstić information content (AvgIpc) is 3.89. The quantitative estimate of drug-likeness (QED) is 0.152. The van der Waals surface area contributed by atoms with Crippen LogP contribution in [0.25, 0.3) is 66.4 Å². The summed E-state index contributed by atoms with van der Waals surface area (Å²) in [4.78, 5) is 2.44. The highest BCUT2D eigenvalue weighted by molar-refractivity contribution is 6.06. The molecule has 0 amide bonds. The second kappa shape index (κ2) is 15.1. The highest BCUT2D eigenvalue weighted by Crippen LogP contribution is 2.59. The molecule has 296 valence electrons. The Balaban J connectivity index is 1.03. The predicted molar refractivity (Wildman–Crippen MR) is 262 cm³/mol. The van der Waals surface area contributed by atoms with Crippen molar-refractivity contribution >= 4 is 39.0 Å². The zero-order valence-corrected chi connectivity index (χ0v) is 34.5. The average molecular weight is 804 g/mol. The molecule has 63 heavy (non-hydrogen) atoms. The van der Waals surface area contributed by atoms with Gasteiger partial charge < -0.3 is 9.32 Å². The van der Waals surface area contributed by atoms with Crippen LogP contribution in [0.4, 0.5) is 17.1 Å². The number of anilines is 3. The van der Waals surface area contributed by atoms with Gasteiger partial charge in [-0.25, -0.2) is 0 Å². The summed E-state index contributed by atoms with van der Waals surface area (Å²) in [6.45, 7) is 0. The van der Waals surface area contributed by atoms with Crippen molar-refractivity contribution in [3.63, 3.8) is 0 Å². The molecule has 0 aliphatic heterocycles. The van der Waals surface area contributed by atoms with Crippen LogP contribution >= 0.6 is 0 Å².